The van der Waals surface area contributed by atoms with Gasteiger partial charge in [-0.1, -0.05) is 34.1 Å². The molecule has 3 aromatic carbocycles. The second kappa shape index (κ2) is 11.8. The fourth-order valence-corrected chi connectivity index (χ4v) is 6.45. The molecule has 0 N–H and O–H groups in total. The number of halogens is 1. The maximum absolute atomic E-state index is 10.4. The van der Waals surface area contributed by atoms with Crippen LogP contribution >= 0.6 is 27.3 Å². The molecule has 7 nitrogen and oxygen atoms in total. The number of hydrogen-bond donors (Lipinski definition) is 0. The Morgan fingerprint density at radius 3 is 2.55 bits per heavy atom. The van der Waals surface area contributed by atoms with Crippen LogP contribution in [0.5, 0.6) is 11.5 Å². The molecule has 0 fully saturated rings. The molecule has 0 amide bonds. The van der Waals surface area contributed by atoms with Crippen LogP contribution in [-0.2, 0) is 16.7 Å². The normalized spacial score (nSPS) is 14.4. The van der Waals surface area contributed by atoms with E-state index in [2.05, 4.69) is 85.7 Å². The van der Waals surface area contributed by atoms with E-state index in [1.165, 1.54) is 45.5 Å². The zero-order valence-corrected chi connectivity index (χ0v) is 25.7. The van der Waals surface area contributed by atoms with Gasteiger partial charge in [-0.15, -0.1) is 11.3 Å². The predicted molar refractivity (Wildman–Crippen MR) is 166 cm³/mol. The van der Waals surface area contributed by atoms with Crippen LogP contribution < -0.4 is 14.0 Å². The molecule has 0 saturated carbocycles. The number of thiophene rings is 1. The molecule has 212 valence electrons. The molecule has 0 bridgehead atoms. The Labute approximate surface area is 255 Å². The summed E-state index contributed by atoms with van der Waals surface area (Å²) < 4.78 is 47.7. The van der Waals surface area contributed by atoms with Crippen molar-refractivity contribution in [3.8, 4) is 22.6 Å². The van der Waals surface area contributed by atoms with Gasteiger partial charge in [-0.3, -0.25) is 4.98 Å². The Bertz CT molecular complexity index is 1990. The van der Waals surface area contributed by atoms with Crippen LogP contribution in [0, 0.1) is 6.92 Å². The fraction of sp³-hybridized carbons (Fsp3) is 0.125. The molecule has 6 aromatic rings. The Hall–Kier alpha value is -3.83. The van der Waals surface area contributed by atoms with Crippen LogP contribution in [0.15, 0.2) is 112 Å². The van der Waals surface area contributed by atoms with Gasteiger partial charge in [0.1, 0.15) is 16.7 Å². The summed E-state index contributed by atoms with van der Waals surface area (Å²) in [5.41, 5.74) is 4.43. The van der Waals surface area contributed by atoms with Crippen molar-refractivity contribution in [2.75, 3.05) is 6.61 Å². The molecule has 7 rings (SSSR count). The first-order chi connectivity index (χ1) is 20.2. The zero-order valence-electron chi connectivity index (χ0n) is 22.4. The van der Waals surface area contributed by atoms with Crippen molar-refractivity contribution in [3.63, 3.8) is 0 Å². The minimum absolute atomic E-state index is 0.0593. The van der Waals surface area contributed by atoms with E-state index in [-0.39, 0.29) is 11.0 Å². The monoisotopic (exact) mass is 660 g/mol. The minimum Gasteiger partial charge on any atom is -0.744 e. The maximum Gasteiger partial charge on any atom is 0.191 e. The third-order valence-corrected chi connectivity index (χ3v) is 9.17. The van der Waals surface area contributed by atoms with E-state index in [1.54, 1.807) is 11.3 Å². The first-order valence-electron chi connectivity index (χ1n) is 13.1. The summed E-state index contributed by atoms with van der Waals surface area (Å²) in [6.07, 6.45) is 4.18. The van der Waals surface area contributed by atoms with Crippen LogP contribution in [-0.4, -0.2) is 30.7 Å². The molecule has 0 radical (unpaired) electrons. The van der Waals surface area contributed by atoms with Crippen molar-refractivity contribution in [2.45, 2.75) is 24.5 Å². The highest BCUT2D eigenvalue weighted by molar-refractivity contribution is 9.10. The highest BCUT2D eigenvalue weighted by atomic mass is 79.9. The lowest BCUT2D eigenvalue weighted by atomic mass is 10.1. The molecule has 10 heteroatoms. The number of hydrogen-bond acceptors (Lipinski definition) is 7. The molecule has 0 spiro atoms. The summed E-state index contributed by atoms with van der Waals surface area (Å²) in [6.45, 7) is 3.25. The quantitative estimate of drug-likeness (QED) is 0.151. The Morgan fingerprint density at radius 1 is 1.00 bits per heavy atom. The second-order valence-corrected chi connectivity index (χ2v) is 13.0. The van der Waals surface area contributed by atoms with Crippen LogP contribution in [0.1, 0.15) is 5.69 Å². The molecule has 1 atom stereocenters. The molecule has 4 heterocycles. The van der Waals surface area contributed by atoms with Gasteiger partial charge in [0.25, 0.3) is 0 Å². The Kier molecular flexibility index (Phi) is 7.96. The molecule has 0 unspecified atom stereocenters. The molecule has 1 aliphatic heterocycles. The van der Waals surface area contributed by atoms with Gasteiger partial charge in [0.15, 0.2) is 36.5 Å². The lowest BCUT2D eigenvalue weighted by Crippen LogP contribution is -2.45. The number of rotatable bonds is 4. The average molecular weight is 662 g/mol. The van der Waals surface area contributed by atoms with E-state index in [1.807, 2.05) is 25.1 Å². The van der Waals surface area contributed by atoms with Crippen molar-refractivity contribution >= 4 is 58.4 Å². The van der Waals surface area contributed by atoms with E-state index < -0.39 is 10.1 Å². The van der Waals surface area contributed by atoms with Crippen LogP contribution in [0.2, 0.25) is 0 Å². The molecule has 0 aliphatic carbocycles. The van der Waals surface area contributed by atoms with E-state index in [0.717, 1.165) is 39.1 Å². The van der Waals surface area contributed by atoms with Gasteiger partial charge in [0.2, 0.25) is 0 Å². The number of benzene rings is 3. The SMILES string of the molecule is Cc1ccc2c3c(ccc2n1)OC[C@H](C[n+]1ccc(-c2cccc4ccsc24)cc1)O3.O=S(=O)([O-])c1ccc(Br)cc1. The van der Waals surface area contributed by atoms with Gasteiger partial charge in [-0.05, 0) is 83.4 Å². The lowest BCUT2D eigenvalue weighted by Gasteiger charge is -2.25. The summed E-state index contributed by atoms with van der Waals surface area (Å²) in [6, 6.07) is 26.5. The van der Waals surface area contributed by atoms with Gasteiger partial charge in [0, 0.05) is 32.4 Å². The van der Waals surface area contributed by atoms with Crippen LogP contribution in [0.4, 0.5) is 0 Å². The predicted octanol–water partition coefficient (Wildman–Crippen LogP) is 6.91. The Morgan fingerprint density at radius 2 is 1.79 bits per heavy atom. The van der Waals surface area contributed by atoms with Crippen molar-refractivity contribution < 1.29 is 27.0 Å². The summed E-state index contributed by atoms with van der Waals surface area (Å²) in [5, 5.41) is 4.44. The van der Waals surface area contributed by atoms with Crippen molar-refractivity contribution in [3.05, 3.63) is 113 Å². The highest BCUT2D eigenvalue weighted by Gasteiger charge is 2.26. The summed E-state index contributed by atoms with van der Waals surface area (Å²) >= 11 is 4.90. The van der Waals surface area contributed by atoms with E-state index in [4.69, 9.17) is 9.47 Å². The molecule has 3 aromatic heterocycles. The molecule has 0 saturated heterocycles. The number of nitrogens with zero attached hydrogens (tertiary/aromatic N) is 2. The molecular formula is C32H25BrN2O5S2. The summed E-state index contributed by atoms with van der Waals surface area (Å²) in [5.74, 6) is 1.58. The number of aryl methyl sites for hydroxylation is 1. The Balaban J connectivity index is 0.000000244. The summed E-state index contributed by atoms with van der Waals surface area (Å²) in [4.78, 5) is 4.40. The van der Waals surface area contributed by atoms with Crippen molar-refractivity contribution in [1.29, 1.82) is 0 Å². The fourth-order valence-electron chi connectivity index (χ4n) is 4.78. The van der Waals surface area contributed by atoms with Crippen LogP contribution in [0.25, 0.3) is 32.1 Å². The van der Waals surface area contributed by atoms with E-state index >= 15 is 0 Å². The first-order valence-corrected chi connectivity index (χ1v) is 16.2. The second-order valence-electron chi connectivity index (χ2n) is 9.80. The highest BCUT2D eigenvalue weighted by Crippen LogP contribution is 2.38. The largest absolute Gasteiger partial charge is 0.744 e. The van der Waals surface area contributed by atoms with E-state index in [9.17, 15) is 13.0 Å². The maximum atomic E-state index is 10.4. The number of fused-ring (bicyclic) bond motifs is 4. The molecule has 42 heavy (non-hydrogen) atoms. The van der Waals surface area contributed by atoms with E-state index in [0.29, 0.717) is 6.61 Å². The average Bonchev–Trinajstić information content (AvgIpc) is 3.47. The van der Waals surface area contributed by atoms with Crippen LogP contribution in [0.3, 0.4) is 0 Å². The molecular weight excluding hydrogens is 636 g/mol. The third kappa shape index (κ3) is 6.17. The lowest BCUT2D eigenvalue weighted by molar-refractivity contribution is -0.703. The number of aromatic nitrogens is 2. The van der Waals surface area contributed by atoms with Gasteiger partial charge in [-0.2, -0.15) is 0 Å². The standard InChI is InChI=1S/C26H21N2O2S.C6H5BrO3S/c1-17-5-6-22-23(27-17)7-8-24-25(22)30-20(16-29-24)15-28-12-9-18(10-13-28)21-4-2-3-19-11-14-31-26(19)21;7-5-1-3-6(4-2-5)11(8,9)10/h2-14,20H,15-16H2,1H3;1-4H,(H,8,9,10)/q+1;/p-1/t20-;/m0./s1. The molecule has 1 aliphatic rings. The zero-order chi connectivity index (χ0) is 29.3. The van der Waals surface area contributed by atoms with Crippen molar-refractivity contribution in [1.82, 2.24) is 4.98 Å². The number of pyridine rings is 2. The van der Waals surface area contributed by atoms with Gasteiger partial charge in [-0.25, -0.2) is 13.0 Å². The van der Waals surface area contributed by atoms with Gasteiger partial charge < -0.3 is 14.0 Å². The topological polar surface area (TPSA) is 92.4 Å². The third-order valence-electron chi connectivity index (χ3n) is 6.83. The minimum atomic E-state index is -4.29. The van der Waals surface area contributed by atoms with Gasteiger partial charge >= 0.3 is 0 Å². The smallest absolute Gasteiger partial charge is 0.191 e. The first kappa shape index (κ1) is 28.3. The number of ether oxygens (including phenoxy) is 2. The summed E-state index contributed by atoms with van der Waals surface area (Å²) in [7, 11) is -4.29. The van der Waals surface area contributed by atoms with Gasteiger partial charge in [0.05, 0.1) is 10.4 Å². The van der Waals surface area contributed by atoms with Crippen molar-refractivity contribution in [2.24, 2.45) is 0 Å².